The summed E-state index contributed by atoms with van der Waals surface area (Å²) in [6.45, 7) is 0.807. The molecule has 0 radical (unpaired) electrons. The monoisotopic (exact) mass is 285 g/mol. The summed E-state index contributed by atoms with van der Waals surface area (Å²) >= 11 is 1.92. The molecule has 1 atom stereocenters. The lowest BCUT2D eigenvalue weighted by atomic mass is 9.97. The van der Waals surface area contributed by atoms with E-state index in [1.807, 2.05) is 11.3 Å². The molecule has 2 N–H and O–H groups in total. The molecule has 1 aromatic heterocycles. The lowest BCUT2D eigenvalue weighted by molar-refractivity contribution is 0.357. The maximum atomic E-state index is 6.49. The summed E-state index contributed by atoms with van der Waals surface area (Å²) < 4.78 is 5.57. The lowest BCUT2D eigenvalue weighted by Crippen LogP contribution is -2.10. The zero-order valence-electron chi connectivity index (χ0n) is 11.5. The molecule has 1 aromatic carbocycles. The molecule has 1 aliphatic carbocycles. The van der Waals surface area contributed by atoms with Crippen LogP contribution >= 0.6 is 11.3 Å². The van der Waals surface area contributed by atoms with E-state index < -0.39 is 0 Å². The molecule has 104 valence electrons. The van der Waals surface area contributed by atoms with E-state index in [-0.39, 0.29) is 6.04 Å². The molecule has 0 saturated heterocycles. The lowest BCUT2D eigenvalue weighted by Gasteiger charge is -2.11. The zero-order valence-corrected chi connectivity index (χ0v) is 12.3. The maximum absolute atomic E-state index is 6.49. The third kappa shape index (κ3) is 2.05. The number of ether oxygens (including phenoxy) is 1. The van der Waals surface area contributed by atoms with Crippen molar-refractivity contribution in [2.45, 2.75) is 38.1 Å². The van der Waals surface area contributed by atoms with E-state index in [0.717, 1.165) is 18.8 Å². The van der Waals surface area contributed by atoms with Gasteiger partial charge in [-0.2, -0.15) is 0 Å². The Morgan fingerprint density at radius 2 is 1.95 bits per heavy atom. The predicted molar refractivity (Wildman–Crippen MR) is 82.6 cm³/mol. The Balaban J connectivity index is 1.66. The molecule has 1 unspecified atom stereocenters. The molecule has 2 aliphatic rings. The normalized spacial score (nSPS) is 18.2. The van der Waals surface area contributed by atoms with Crippen molar-refractivity contribution in [1.82, 2.24) is 0 Å². The molecule has 2 heterocycles. The van der Waals surface area contributed by atoms with Crippen LogP contribution < -0.4 is 10.5 Å². The van der Waals surface area contributed by atoms with E-state index in [4.69, 9.17) is 10.5 Å². The van der Waals surface area contributed by atoms with Gasteiger partial charge in [0.1, 0.15) is 5.75 Å². The van der Waals surface area contributed by atoms with Crippen LogP contribution in [0.4, 0.5) is 0 Å². The van der Waals surface area contributed by atoms with Crippen molar-refractivity contribution in [3.8, 4) is 5.75 Å². The molecule has 0 saturated carbocycles. The van der Waals surface area contributed by atoms with Gasteiger partial charge in [0.05, 0.1) is 12.6 Å². The maximum Gasteiger partial charge on any atom is 0.122 e. The third-order valence-corrected chi connectivity index (χ3v) is 5.72. The van der Waals surface area contributed by atoms with Crippen LogP contribution in [0, 0.1) is 0 Å². The Kier molecular flexibility index (Phi) is 3.04. The molecule has 0 amide bonds. The quantitative estimate of drug-likeness (QED) is 0.915. The number of aryl methyl sites for hydroxylation is 2. The van der Waals surface area contributed by atoms with Gasteiger partial charge in [0.2, 0.25) is 0 Å². The van der Waals surface area contributed by atoms with E-state index in [9.17, 15) is 0 Å². The number of benzene rings is 1. The Morgan fingerprint density at radius 1 is 1.05 bits per heavy atom. The van der Waals surface area contributed by atoms with Crippen LogP contribution in [0.15, 0.2) is 24.3 Å². The number of hydrogen-bond donors (Lipinski definition) is 1. The Labute approximate surface area is 123 Å². The van der Waals surface area contributed by atoms with E-state index in [2.05, 4.69) is 24.3 Å². The van der Waals surface area contributed by atoms with Crippen LogP contribution in [0.5, 0.6) is 5.75 Å². The van der Waals surface area contributed by atoms with Crippen molar-refractivity contribution in [2.75, 3.05) is 6.61 Å². The second kappa shape index (κ2) is 4.90. The second-order valence-electron chi connectivity index (χ2n) is 5.75. The fourth-order valence-corrected chi connectivity index (χ4v) is 4.52. The Morgan fingerprint density at radius 3 is 2.85 bits per heavy atom. The average Bonchev–Trinajstić information content (AvgIpc) is 3.11. The summed E-state index contributed by atoms with van der Waals surface area (Å²) in [5.41, 5.74) is 10.6. The van der Waals surface area contributed by atoms with Crippen molar-refractivity contribution in [3.63, 3.8) is 0 Å². The topological polar surface area (TPSA) is 35.2 Å². The van der Waals surface area contributed by atoms with Gasteiger partial charge in [-0.3, -0.25) is 0 Å². The minimum absolute atomic E-state index is 0.0106. The fraction of sp³-hybridized carbons (Fsp3) is 0.412. The van der Waals surface area contributed by atoms with Gasteiger partial charge >= 0.3 is 0 Å². The number of thiophene rings is 1. The molecule has 1 aliphatic heterocycles. The van der Waals surface area contributed by atoms with Gasteiger partial charge < -0.3 is 10.5 Å². The standard InChI is InChI=1S/C17H19NOS/c18-17(13-5-6-14-11(9-13)7-8-19-14)16-10-12-3-1-2-4-15(12)20-16/h5-6,9-10,17H,1-4,7-8,18H2. The first-order chi connectivity index (χ1) is 9.81. The van der Waals surface area contributed by atoms with Crippen LogP contribution in [0.25, 0.3) is 0 Å². The second-order valence-corrected chi connectivity index (χ2v) is 6.92. The summed E-state index contributed by atoms with van der Waals surface area (Å²) in [5, 5.41) is 0. The van der Waals surface area contributed by atoms with Gasteiger partial charge in [0, 0.05) is 16.2 Å². The third-order valence-electron chi connectivity index (χ3n) is 4.39. The van der Waals surface area contributed by atoms with Crippen molar-refractivity contribution in [2.24, 2.45) is 5.73 Å². The van der Waals surface area contributed by atoms with Crippen molar-refractivity contribution < 1.29 is 4.74 Å². The van der Waals surface area contributed by atoms with Gasteiger partial charge in [-0.1, -0.05) is 12.1 Å². The summed E-state index contributed by atoms with van der Waals surface area (Å²) in [7, 11) is 0. The van der Waals surface area contributed by atoms with Gasteiger partial charge in [-0.05, 0) is 54.5 Å². The van der Waals surface area contributed by atoms with Crippen molar-refractivity contribution in [3.05, 3.63) is 50.7 Å². The summed E-state index contributed by atoms with van der Waals surface area (Å²) in [5.74, 6) is 1.03. The Bertz CT molecular complexity index is 623. The molecule has 3 heteroatoms. The molecule has 2 nitrogen and oxygen atoms in total. The number of fused-ring (bicyclic) bond motifs is 2. The molecular formula is C17H19NOS. The molecule has 4 rings (SSSR count). The van der Waals surface area contributed by atoms with E-state index in [1.54, 1.807) is 4.88 Å². The van der Waals surface area contributed by atoms with Crippen LogP contribution in [-0.4, -0.2) is 6.61 Å². The van der Waals surface area contributed by atoms with E-state index in [1.165, 1.54) is 47.3 Å². The summed E-state index contributed by atoms with van der Waals surface area (Å²) in [6, 6.07) is 8.77. The first-order valence-corrected chi connectivity index (χ1v) is 8.25. The van der Waals surface area contributed by atoms with E-state index >= 15 is 0 Å². The summed E-state index contributed by atoms with van der Waals surface area (Å²) in [6.07, 6.45) is 6.14. The smallest absolute Gasteiger partial charge is 0.122 e. The SMILES string of the molecule is NC(c1ccc2c(c1)CCO2)c1cc2c(s1)CCCC2. The average molecular weight is 285 g/mol. The van der Waals surface area contributed by atoms with Gasteiger partial charge in [-0.25, -0.2) is 0 Å². The molecule has 0 bridgehead atoms. The van der Waals surface area contributed by atoms with Crippen LogP contribution in [0.3, 0.4) is 0 Å². The molecule has 0 fully saturated rings. The first kappa shape index (κ1) is 12.4. The molecular weight excluding hydrogens is 266 g/mol. The minimum atomic E-state index is 0.0106. The Hall–Kier alpha value is -1.32. The van der Waals surface area contributed by atoms with Crippen molar-refractivity contribution in [1.29, 1.82) is 0 Å². The highest BCUT2D eigenvalue weighted by Crippen LogP contribution is 2.36. The van der Waals surface area contributed by atoms with E-state index in [0.29, 0.717) is 0 Å². The van der Waals surface area contributed by atoms with Crippen molar-refractivity contribution >= 4 is 11.3 Å². The summed E-state index contributed by atoms with van der Waals surface area (Å²) in [4.78, 5) is 2.88. The van der Waals surface area contributed by atoms with Gasteiger partial charge in [0.15, 0.2) is 0 Å². The van der Waals surface area contributed by atoms with Gasteiger partial charge in [0.25, 0.3) is 0 Å². The highest BCUT2D eigenvalue weighted by atomic mass is 32.1. The largest absolute Gasteiger partial charge is 0.493 e. The van der Waals surface area contributed by atoms with Crippen LogP contribution in [0.2, 0.25) is 0 Å². The highest BCUT2D eigenvalue weighted by molar-refractivity contribution is 7.12. The van der Waals surface area contributed by atoms with Crippen LogP contribution in [0.1, 0.15) is 45.3 Å². The predicted octanol–water partition coefficient (Wildman–Crippen LogP) is 3.61. The minimum Gasteiger partial charge on any atom is -0.493 e. The number of rotatable bonds is 2. The van der Waals surface area contributed by atoms with Gasteiger partial charge in [-0.15, -0.1) is 11.3 Å². The number of hydrogen-bond acceptors (Lipinski definition) is 3. The zero-order chi connectivity index (χ0) is 13.5. The highest BCUT2D eigenvalue weighted by Gasteiger charge is 2.20. The van der Waals surface area contributed by atoms with Crippen LogP contribution in [-0.2, 0) is 19.3 Å². The molecule has 0 spiro atoms. The fourth-order valence-electron chi connectivity index (χ4n) is 3.23. The molecule has 20 heavy (non-hydrogen) atoms. The first-order valence-electron chi connectivity index (χ1n) is 7.44. The molecule has 2 aromatic rings. The number of nitrogens with two attached hydrogens (primary N) is 1.